The van der Waals surface area contributed by atoms with Gasteiger partial charge in [0.15, 0.2) is 0 Å². The Bertz CT molecular complexity index is 1330. The van der Waals surface area contributed by atoms with Crippen molar-refractivity contribution < 1.29 is 15.0 Å². The molecule has 8 nitrogen and oxygen atoms in total. The Morgan fingerprint density at radius 2 is 1.83 bits per heavy atom. The van der Waals surface area contributed by atoms with E-state index in [1.165, 1.54) is 4.90 Å². The van der Waals surface area contributed by atoms with Crippen molar-refractivity contribution in [2.75, 3.05) is 18.4 Å². The Labute approximate surface area is 207 Å². The molecule has 9 heteroatoms. The number of nitrogens with one attached hydrogen (secondary N) is 1. The number of thiazole rings is 1. The van der Waals surface area contributed by atoms with E-state index in [4.69, 9.17) is 4.98 Å². The predicted molar refractivity (Wildman–Crippen MR) is 135 cm³/mol. The van der Waals surface area contributed by atoms with Crippen molar-refractivity contribution in [3.8, 4) is 10.6 Å². The van der Waals surface area contributed by atoms with Gasteiger partial charge in [-0.2, -0.15) is 0 Å². The molecule has 0 saturated carbocycles. The van der Waals surface area contributed by atoms with E-state index in [1.807, 2.05) is 55.6 Å². The summed E-state index contributed by atoms with van der Waals surface area (Å²) in [4.78, 5) is 28.7. The Hall–Kier alpha value is -3.66. The first-order valence-electron chi connectivity index (χ1n) is 11.3. The number of aryl methyl sites for hydroxylation is 1. The highest BCUT2D eigenvalue weighted by Gasteiger charge is 2.32. The molecule has 0 unspecified atom stereocenters. The van der Waals surface area contributed by atoms with Crippen LogP contribution < -0.4 is 5.32 Å². The van der Waals surface area contributed by atoms with Gasteiger partial charge >= 0.3 is 0 Å². The lowest BCUT2D eigenvalue weighted by Crippen LogP contribution is -2.29. The number of pyridine rings is 2. The monoisotopic (exact) mass is 487 g/mol. The lowest BCUT2D eigenvalue weighted by molar-refractivity contribution is 0.0572. The average Bonchev–Trinajstić information content (AvgIpc) is 3.45. The van der Waals surface area contributed by atoms with Crippen molar-refractivity contribution >= 4 is 28.9 Å². The molecule has 178 valence electrons. The smallest absolute Gasteiger partial charge is 0.254 e. The Balaban J connectivity index is 1.24. The van der Waals surface area contributed by atoms with Crippen LogP contribution in [0, 0.1) is 6.92 Å². The fourth-order valence-electron chi connectivity index (χ4n) is 3.95. The lowest BCUT2D eigenvalue weighted by atomic mass is 10.1. The minimum Gasteiger partial charge on any atom is -0.388 e. The third-order valence-electron chi connectivity index (χ3n) is 5.83. The highest BCUT2D eigenvalue weighted by molar-refractivity contribution is 7.15. The molecule has 0 bridgehead atoms. The molecule has 1 aliphatic rings. The summed E-state index contributed by atoms with van der Waals surface area (Å²) in [6.45, 7) is 2.32. The minimum atomic E-state index is -0.887. The van der Waals surface area contributed by atoms with Crippen molar-refractivity contribution in [3.63, 3.8) is 0 Å². The first-order chi connectivity index (χ1) is 16.9. The largest absolute Gasteiger partial charge is 0.388 e. The van der Waals surface area contributed by atoms with Crippen molar-refractivity contribution in [3.05, 3.63) is 88.7 Å². The second-order valence-corrected chi connectivity index (χ2v) is 9.70. The van der Waals surface area contributed by atoms with Crippen molar-refractivity contribution in [2.24, 2.45) is 0 Å². The molecule has 3 N–H and O–H groups in total. The third-order valence-corrected chi connectivity index (χ3v) is 6.85. The summed E-state index contributed by atoms with van der Waals surface area (Å²) < 4.78 is 0. The number of hydrogen-bond donors (Lipinski definition) is 3. The summed E-state index contributed by atoms with van der Waals surface area (Å²) in [6.07, 6.45) is 2.47. The number of rotatable bonds is 6. The fraction of sp³-hybridized carbons (Fsp3) is 0.231. The van der Waals surface area contributed by atoms with Crippen LogP contribution in [0.1, 0.15) is 26.5 Å². The third kappa shape index (κ3) is 5.37. The van der Waals surface area contributed by atoms with Crippen LogP contribution in [0.3, 0.4) is 0 Å². The highest BCUT2D eigenvalue weighted by Crippen LogP contribution is 2.27. The average molecular weight is 488 g/mol. The first-order valence-corrected chi connectivity index (χ1v) is 12.1. The number of aromatic nitrogens is 3. The molecule has 1 fully saturated rings. The fourth-order valence-corrected chi connectivity index (χ4v) is 4.87. The molecule has 5 rings (SSSR count). The van der Waals surface area contributed by atoms with E-state index in [2.05, 4.69) is 15.3 Å². The summed E-state index contributed by atoms with van der Waals surface area (Å²) in [7, 11) is 0. The Morgan fingerprint density at radius 3 is 2.57 bits per heavy atom. The van der Waals surface area contributed by atoms with E-state index in [0.717, 1.165) is 32.5 Å². The zero-order valence-corrected chi connectivity index (χ0v) is 19.9. The van der Waals surface area contributed by atoms with E-state index >= 15 is 0 Å². The number of aliphatic hydroxyl groups excluding tert-OH is 2. The summed E-state index contributed by atoms with van der Waals surface area (Å²) in [5.74, 6) is 1.27. The summed E-state index contributed by atoms with van der Waals surface area (Å²) >= 11 is 1.58. The van der Waals surface area contributed by atoms with Gasteiger partial charge in [-0.3, -0.25) is 4.79 Å². The quantitative estimate of drug-likeness (QED) is 0.382. The van der Waals surface area contributed by atoms with Gasteiger partial charge in [-0.25, -0.2) is 15.0 Å². The number of β-amino-alcohol motifs (C(OH)–C–C–N with tert-alkyl or cyclic N) is 2. The van der Waals surface area contributed by atoms with Gasteiger partial charge in [-0.05, 0) is 54.4 Å². The van der Waals surface area contributed by atoms with E-state index < -0.39 is 12.2 Å². The molecule has 1 aromatic carbocycles. The number of anilines is 2. The van der Waals surface area contributed by atoms with Crippen LogP contribution in [0.4, 0.5) is 11.6 Å². The van der Waals surface area contributed by atoms with Crippen molar-refractivity contribution in [1.29, 1.82) is 0 Å². The SMILES string of the molecule is Cc1ccnc(Nc2cccc(-c3cnc(Cc4ccc(C(=O)N5C[C@@H](O)[C@@H](O)C5)cc4)s3)n2)c1. The van der Waals surface area contributed by atoms with Gasteiger partial charge in [0, 0.05) is 37.5 Å². The number of hydrogen-bond acceptors (Lipinski definition) is 8. The second kappa shape index (κ2) is 9.91. The molecule has 1 amide bonds. The molecule has 3 aromatic heterocycles. The molecule has 0 radical (unpaired) electrons. The maximum atomic E-state index is 12.6. The topological polar surface area (TPSA) is 111 Å². The molecule has 4 aromatic rings. The van der Waals surface area contributed by atoms with Crippen LogP contribution >= 0.6 is 11.3 Å². The molecule has 1 saturated heterocycles. The summed E-state index contributed by atoms with van der Waals surface area (Å²) in [5.41, 5.74) is 3.53. The zero-order chi connectivity index (χ0) is 24.4. The van der Waals surface area contributed by atoms with Gasteiger partial charge in [0.2, 0.25) is 0 Å². The highest BCUT2D eigenvalue weighted by atomic mass is 32.1. The van der Waals surface area contributed by atoms with E-state index in [9.17, 15) is 15.0 Å². The Kier molecular flexibility index (Phi) is 6.54. The maximum absolute atomic E-state index is 12.6. The van der Waals surface area contributed by atoms with Crippen LogP contribution in [0.2, 0.25) is 0 Å². The first kappa shape index (κ1) is 23.1. The number of likely N-dealkylation sites (tertiary alicyclic amines) is 1. The molecule has 0 aliphatic carbocycles. The van der Waals surface area contributed by atoms with Gasteiger partial charge in [0.1, 0.15) is 11.6 Å². The van der Waals surface area contributed by atoms with Crippen LogP contribution in [0.15, 0.2) is 67.0 Å². The number of amides is 1. The molecule has 1 aliphatic heterocycles. The van der Waals surface area contributed by atoms with Crippen LogP contribution in [-0.4, -0.2) is 61.3 Å². The standard InChI is InChI=1S/C26H25N5O3S/c1-16-9-10-27-24(11-16)30-23-4-2-3-19(29-23)22-13-28-25(35-22)12-17-5-7-18(8-6-17)26(34)31-14-20(32)21(33)15-31/h2-11,13,20-21,32-33H,12,14-15H2,1H3,(H,27,29,30)/t20-,21+. The molecule has 35 heavy (non-hydrogen) atoms. The van der Waals surface area contributed by atoms with E-state index in [-0.39, 0.29) is 19.0 Å². The van der Waals surface area contributed by atoms with E-state index in [0.29, 0.717) is 17.8 Å². The lowest BCUT2D eigenvalue weighted by Gasteiger charge is -2.15. The van der Waals surface area contributed by atoms with Crippen molar-refractivity contribution in [1.82, 2.24) is 19.9 Å². The van der Waals surface area contributed by atoms with Gasteiger partial charge < -0.3 is 20.4 Å². The van der Waals surface area contributed by atoms with Gasteiger partial charge in [0.05, 0.1) is 27.8 Å². The predicted octanol–water partition coefficient (Wildman–Crippen LogP) is 3.42. The number of carbonyl (C=O) groups is 1. The Morgan fingerprint density at radius 1 is 1.06 bits per heavy atom. The number of nitrogens with zero attached hydrogens (tertiary/aromatic N) is 4. The second-order valence-electron chi connectivity index (χ2n) is 8.59. The summed E-state index contributed by atoms with van der Waals surface area (Å²) in [6, 6.07) is 17.1. The normalized spacial score (nSPS) is 17.5. The zero-order valence-electron chi connectivity index (χ0n) is 19.1. The van der Waals surface area contributed by atoms with Crippen LogP contribution in [0.5, 0.6) is 0 Å². The molecule has 2 atom stereocenters. The molecule has 0 spiro atoms. The van der Waals surface area contributed by atoms with Gasteiger partial charge in [-0.15, -0.1) is 11.3 Å². The van der Waals surface area contributed by atoms with Crippen LogP contribution in [-0.2, 0) is 6.42 Å². The molecular weight excluding hydrogens is 462 g/mol. The maximum Gasteiger partial charge on any atom is 0.254 e. The van der Waals surface area contributed by atoms with E-state index in [1.54, 1.807) is 29.7 Å². The number of benzene rings is 1. The molecule has 4 heterocycles. The molecular formula is C26H25N5O3S. The number of carbonyl (C=O) groups excluding carboxylic acids is 1. The number of aliphatic hydroxyl groups is 2. The summed E-state index contributed by atoms with van der Waals surface area (Å²) in [5, 5.41) is 23.6. The minimum absolute atomic E-state index is 0.149. The van der Waals surface area contributed by atoms with Crippen molar-refractivity contribution in [2.45, 2.75) is 25.6 Å². The van der Waals surface area contributed by atoms with Gasteiger partial charge in [-0.1, -0.05) is 18.2 Å². The van der Waals surface area contributed by atoms with Crippen LogP contribution in [0.25, 0.3) is 10.6 Å². The van der Waals surface area contributed by atoms with Gasteiger partial charge in [0.25, 0.3) is 5.91 Å².